The van der Waals surface area contributed by atoms with Gasteiger partial charge in [-0.1, -0.05) is 257 Å². The maximum Gasteiger partial charge on any atom is 0.0727 e. The maximum absolute atomic E-state index is 2.56. The molecule has 85 heavy (non-hydrogen) atoms. The predicted octanol–water partition coefficient (Wildman–Crippen LogP) is 21.3. The van der Waals surface area contributed by atoms with E-state index in [1.165, 1.54) is 122 Å². The lowest BCUT2D eigenvalue weighted by atomic mass is 9.70. The highest BCUT2D eigenvalue weighted by Crippen LogP contribution is 2.67. The predicted molar refractivity (Wildman–Crippen MR) is 351 cm³/mol. The fraction of sp³-hybridized carbons (Fsp3) is 0.0602. The normalized spacial score (nSPS) is 15.6. The van der Waals surface area contributed by atoms with E-state index in [0.717, 1.165) is 34.1 Å². The Morgan fingerprint density at radius 3 is 1.06 bits per heavy atom. The monoisotopic (exact) mass is 1080 g/mol. The van der Waals surface area contributed by atoms with Gasteiger partial charge in [0, 0.05) is 39.3 Å². The molecular formula is C83H56N2. The van der Waals surface area contributed by atoms with Gasteiger partial charge in [-0.25, -0.2) is 0 Å². The van der Waals surface area contributed by atoms with E-state index in [0.29, 0.717) is 0 Å². The summed E-state index contributed by atoms with van der Waals surface area (Å²) in [5, 5.41) is 0. The largest absolute Gasteiger partial charge is 0.310 e. The summed E-state index contributed by atoms with van der Waals surface area (Å²) in [6, 6.07) is 115. The second-order valence-corrected chi connectivity index (χ2v) is 24.2. The molecule has 0 fully saturated rings. The third-order valence-corrected chi connectivity index (χ3v) is 19.9. The molecule has 0 radical (unpaired) electrons. The number of nitrogens with zero attached hydrogens (tertiary/aromatic N) is 2. The Kier molecular flexibility index (Phi) is 10.0. The molecule has 0 aliphatic heterocycles. The first-order chi connectivity index (χ1) is 42.0. The van der Waals surface area contributed by atoms with Gasteiger partial charge in [-0.3, -0.25) is 0 Å². The van der Waals surface area contributed by atoms with Crippen LogP contribution in [-0.4, -0.2) is 0 Å². The molecule has 0 bridgehead atoms. The minimum Gasteiger partial charge on any atom is -0.310 e. The van der Waals surface area contributed by atoms with Crippen LogP contribution in [0.15, 0.2) is 303 Å². The number of fused-ring (bicyclic) bond motifs is 23. The molecule has 0 amide bonds. The molecule has 2 spiro atoms. The van der Waals surface area contributed by atoms with Crippen LogP contribution >= 0.6 is 0 Å². The van der Waals surface area contributed by atoms with Gasteiger partial charge in [0.2, 0.25) is 0 Å². The van der Waals surface area contributed by atoms with Crippen LogP contribution in [0, 0.1) is 0 Å². The van der Waals surface area contributed by atoms with Gasteiger partial charge in [0.05, 0.1) is 22.2 Å². The van der Waals surface area contributed by atoms with E-state index in [2.05, 4.69) is 327 Å². The lowest BCUT2D eigenvalue weighted by Crippen LogP contribution is -2.27. The summed E-state index contributed by atoms with van der Waals surface area (Å²) in [6.45, 7) is 4.77. The van der Waals surface area contributed by atoms with Gasteiger partial charge >= 0.3 is 0 Å². The zero-order valence-electron chi connectivity index (χ0n) is 47.3. The van der Waals surface area contributed by atoms with E-state index in [4.69, 9.17) is 0 Å². The molecule has 0 N–H and O–H groups in total. The highest BCUT2D eigenvalue weighted by molar-refractivity contribution is 6.03. The van der Waals surface area contributed by atoms with E-state index in [9.17, 15) is 0 Å². The highest BCUT2D eigenvalue weighted by Gasteiger charge is 2.54. The molecule has 13 aromatic rings. The number of anilines is 6. The van der Waals surface area contributed by atoms with E-state index >= 15 is 0 Å². The molecule has 0 heterocycles. The average molecular weight is 1080 g/mol. The van der Waals surface area contributed by atoms with Crippen molar-refractivity contribution in [1.29, 1.82) is 0 Å². The summed E-state index contributed by atoms with van der Waals surface area (Å²) in [7, 11) is 0. The molecule has 398 valence electrons. The Hall–Kier alpha value is -10.5. The van der Waals surface area contributed by atoms with E-state index in [1.54, 1.807) is 0 Å². The Morgan fingerprint density at radius 1 is 0.212 bits per heavy atom. The van der Waals surface area contributed by atoms with E-state index in [1.807, 2.05) is 0 Å². The van der Waals surface area contributed by atoms with Crippen molar-refractivity contribution in [2.24, 2.45) is 0 Å². The number of hydrogen-bond acceptors (Lipinski definition) is 2. The van der Waals surface area contributed by atoms with E-state index in [-0.39, 0.29) is 5.41 Å². The second kappa shape index (κ2) is 17.7. The summed E-state index contributed by atoms with van der Waals surface area (Å²) in [5.41, 5.74) is 33.8. The summed E-state index contributed by atoms with van der Waals surface area (Å²) in [4.78, 5) is 5.09. The van der Waals surface area contributed by atoms with Gasteiger partial charge in [0.25, 0.3) is 0 Å². The van der Waals surface area contributed by atoms with Crippen molar-refractivity contribution in [3.8, 4) is 66.8 Å². The minimum atomic E-state index is -0.662. The molecule has 0 saturated carbocycles. The van der Waals surface area contributed by atoms with Crippen molar-refractivity contribution in [2.75, 3.05) is 9.80 Å². The molecule has 0 saturated heterocycles. The number of rotatable bonds is 7. The quantitative estimate of drug-likeness (QED) is 0.157. The first-order valence-electron chi connectivity index (χ1n) is 29.9. The van der Waals surface area contributed by atoms with Crippen LogP contribution in [0.1, 0.15) is 69.5 Å². The standard InChI is InChI=1S/C83H56N2/c1-81(2)68-35-16-9-29-59(68)64-47-44-55(50-75(64)81)85(78-42-22-15-28-58(78)53-24-5-3-6-25-53)57-46-49-66-63-33-13-20-39-72(63)83(77(66)52-57)71-38-19-12-32-62(71)65-48-45-56(51-76(65)83)84(54-26-7-4-8-27-54)79-43-23-41-74-80(79)67-34-14-21-40-73(67)82(74)69-36-17-10-30-60(69)61-31-11-18-37-70(61)82/h3-52H,1-2H3. The molecule has 18 rings (SSSR count). The topological polar surface area (TPSA) is 6.48 Å². The third-order valence-electron chi connectivity index (χ3n) is 19.9. The van der Waals surface area contributed by atoms with Crippen molar-refractivity contribution >= 4 is 34.1 Å². The summed E-state index contributed by atoms with van der Waals surface area (Å²) in [5.74, 6) is 0. The van der Waals surface area contributed by atoms with Gasteiger partial charge in [-0.15, -0.1) is 0 Å². The molecule has 1 unspecified atom stereocenters. The second-order valence-electron chi connectivity index (χ2n) is 24.2. The first kappa shape index (κ1) is 48.0. The highest BCUT2D eigenvalue weighted by atomic mass is 15.2. The van der Waals surface area contributed by atoms with Gasteiger partial charge in [-0.05, 0) is 172 Å². The van der Waals surface area contributed by atoms with Crippen molar-refractivity contribution in [3.05, 3.63) is 359 Å². The number of para-hydroxylation sites is 2. The van der Waals surface area contributed by atoms with Crippen LogP contribution < -0.4 is 9.80 Å². The Bertz CT molecular complexity index is 4890. The fourth-order valence-electron chi connectivity index (χ4n) is 16.5. The lowest BCUT2D eigenvalue weighted by Gasteiger charge is -2.34. The van der Waals surface area contributed by atoms with Crippen molar-refractivity contribution in [3.63, 3.8) is 0 Å². The lowest BCUT2D eigenvalue weighted by molar-refractivity contribution is 0.660. The Labute approximate surface area is 496 Å². The molecule has 5 aliphatic rings. The SMILES string of the molecule is CC1(C)c2ccccc2-c2ccc(N(c3ccc4c(c3)C3(c5ccccc5-4)c4ccccc4-c4ccc(N(c5ccccc5)c5cccc6c5-c5ccccc5C65c6ccccc6-c6ccccc65)cc43)c3ccccc3-c3ccccc3)cc21. The molecule has 0 aromatic heterocycles. The molecule has 2 heteroatoms. The Morgan fingerprint density at radius 2 is 0.541 bits per heavy atom. The summed E-state index contributed by atoms with van der Waals surface area (Å²) in [6.07, 6.45) is 0. The molecule has 13 aromatic carbocycles. The third kappa shape index (κ3) is 6.33. The maximum atomic E-state index is 2.56. The van der Waals surface area contributed by atoms with Crippen LogP contribution in [0.3, 0.4) is 0 Å². The van der Waals surface area contributed by atoms with Gasteiger partial charge in [-0.2, -0.15) is 0 Å². The van der Waals surface area contributed by atoms with Crippen molar-refractivity contribution in [2.45, 2.75) is 30.1 Å². The zero-order valence-corrected chi connectivity index (χ0v) is 47.3. The van der Waals surface area contributed by atoms with Crippen LogP contribution in [0.25, 0.3) is 66.8 Å². The first-order valence-corrected chi connectivity index (χ1v) is 29.9. The van der Waals surface area contributed by atoms with E-state index < -0.39 is 10.8 Å². The van der Waals surface area contributed by atoms with Crippen LogP contribution in [0.5, 0.6) is 0 Å². The van der Waals surface area contributed by atoms with Crippen LogP contribution in [0.2, 0.25) is 0 Å². The number of benzene rings is 13. The molecule has 2 nitrogen and oxygen atoms in total. The zero-order chi connectivity index (χ0) is 56.2. The smallest absolute Gasteiger partial charge is 0.0727 e. The van der Waals surface area contributed by atoms with Crippen LogP contribution in [0.4, 0.5) is 34.1 Å². The summed E-state index contributed by atoms with van der Waals surface area (Å²) < 4.78 is 0. The van der Waals surface area contributed by atoms with Gasteiger partial charge < -0.3 is 9.80 Å². The van der Waals surface area contributed by atoms with Gasteiger partial charge in [0.15, 0.2) is 0 Å². The van der Waals surface area contributed by atoms with Gasteiger partial charge in [0.1, 0.15) is 0 Å². The minimum absolute atomic E-state index is 0.184. The fourth-order valence-corrected chi connectivity index (χ4v) is 16.5. The average Bonchev–Trinajstić information content (AvgIpc) is 1.55. The summed E-state index contributed by atoms with van der Waals surface area (Å²) >= 11 is 0. The molecule has 1 atom stereocenters. The van der Waals surface area contributed by atoms with Crippen LogP contribution in [-0.2, 0) is 16.2 Å². The molecular weight excluding hydrogens is 1020 g/mol. The van der Waals surface area contributed by atoms with Crippen molar-refractivity contribution < 1.29 is 0 Å². The molecule has 5 aliphatic carbocycles. The number of hydrogen-bond donors (Lipinski definition) is 0. The van der Waals surface area contributed by atoms with Crippen molar-refractivity contribution in [1.82, 2.24) is 0 Å². The Balaban J connectivity index is 0.878.